The van der Waals surface area contributed by atoms with Crippen LogP contribution in [0.5, 0.6) is 0 Å². The Morgan fingerprint density at radius 2 is 2.19 bits per heavy atom. The number of aryl methyl sites for hydroxylation is 1. The number of aromatic nitrogens is 1. The summed E-state index contributed by atoms with van der Waals surface area (Å²) in [5.74, 6) is 0. The van der Waals surface area contributed by atoms with Gasteiger partial charge in [-0.15, -0.1) is 0 Å². The highest BCUT2D eigenvalue weighted by molar-refractivity contribution is 5.84. The van der Waals surface area contributed by atoms with E-state index in [1.54, 1.807) is 0 Å². The van der Waals surface area contributed by atoms with Gasteiger partial charge >= 0.3 is 0 Å². The van der Waals surface area contributed by atoms with E-state index in [0.717, 1.165) is 18.4 Å². The van der Waals surface area contributed by atoms with Gasteiger partial charge < -0.3 is 9.67 Å². The molecular formula is C14H17NO. The third-order valence-electron chi connectivity index (χ3n) is 2.93. The van der Waals surface area contributed by atoms with Crippen LogP contribution in [-0.2, 0) is 7.05 Å². The third-order valence-corrected chi connectivity index (χ3v) is 2.93. The second-order valence-corrected chi connectivity index (χ2v) is 4.13. The van der Waals surface area contributed by atoms with E-state index in [1.165, 1.54) is 16.5 Å². The topological polar surface area (TPSA) is 25.2 Å². The van der Waals surface area contributed by atoms with Crippen LogP contribution in [0.25, 0.3) is 16.5 Å². The molecule has 16 heavy (non-hydrogen) atoms. The number of rotatable bonds is 4. The predicted molar refractivity (Wildman–Crippen MR) is 68.3 cm³/mol. The largest absolute Gasteiger partial charge is 0.396 e. The zero-order valence-electron chi connectivity index (χ0n) is 9.61. The first-order chi connectivity index (χ1) is 7.72. The van der Waals surface area contributed by atoms with E-state index in [0.29, 0.717) is 0 Å². The Kier molecular flexibility index (Phi) is 3.11. The van der Waals surface area contributed by atoms with Crippen LogP contribution in [0.15, 0.2) is 37.0 Å². The van der Waals surface area contributed by atoms with Crippen LogP contribution in [0.2, 0.25) is 0 Å². The Labute approximate surface area is 95.8 Å². The van der Waals surface area contributed by atoms with Crippen molar-refractivity contribution in [3.8, 4) is 0 Å². The molecule has 84 valence electrons. The highest BCUT2D eigenvalue weighted by atomic mass is 16.2. The summed E-state index contributed by atoms with van der Waals surface area (Å²) >= 11 is 0. The summed E-state index contributed by atoms with van der Waals surface area (Å²) in [5, 5.41) is 10.0. The maximum Gasteiger partial charge on any atom is 0.0478 e. The molecule has 0 saturated heterocycles. The fraction of sp³-hybridized carbons (Fsp3) is 0.286. The molecule has 0 saturated carbocycles. The molecular weight excluding hydrogens is 198 g/mol. The number of aliphatic hydroxyl groups is 1. The minimum absolute atomic E-state index is 0.229. The summed E-state index contributed by atoms with van der Waals surface area (Å²) in [6.45, 7) is 4.29. The van der Waals surface area contributed by atoms with Crippen molar-refractivity contribution in [2.75, 3.05) is 6.61 Å². The molecule has 1 heterocycles. The van der Waals surface area contributed by atoms with Gasteiger partial charge in [-0.3, -0.25) is 0 Å². The molecule has 0 amide bonds. The summed E-state index contributed by atoms with van der Waals surface area (Å²) in [5.41, 5.74) is 3.51. The summed E-state index contributed by atoms with van der Waals surface area (Å²) in [7, 11) is 2.04. The average Bonchev–Trinajstić information content (AvgIpc) is 2.67. The van der Waals surface area contributed by atoms with Gasteiger partial charge in [0.1, 0.15) is 0 Å². The molecule has 0 bridgehead atoms. The molecule has 0 unspecified atom stereocenters. The minimum atomic E-state index is 0.229. The second kappa shape index (κ2) is 4.54. The Hall–Kier alpha value is -1.54. The van der Waals surface area contributed by atoms with E-state index in [2.05, 4.69) is 41.6 Å². The number of hydrogen-bond acceptors (Lipinski definition) is 1. The lowest BCUT2D eigenvalue weighted by Crippen LogP contribution is -1.88. The van der Waals surface area contributed by atoms with E-state index < -0.39 is 0 Å². The van der Waals surface area contributed by atoms with Crippen molar-refractivity contribution in [3.63, 3.8) is 0 Å². The van der Waals surface area contributed by atoms with Gasteiger partial charge in [-0.25, -0.2) is 0 Å². The molecule has 1 aromatic carbocycles. The molecule has 2 heteroatoms. The van der Waals surface area contributed by atoms with E-state index in [1.807, 2.05) is 7.05 Å². The Morgan fingerprint density at radius 1 is 1.38 bits per heavy atom. The van der Waals surface area contributed by atoms with Gasteiger partial charge in [0, 0.05) is 30.8 Å². The first kappa shape index (κ1) is 11.0. The lowest BCUT2D eigenvalue weighted by molar-refractivity contribution is 0.290. The van der Waals surface area contributed by atoms with Crippen LogP contribution in [0, 0.1) is 0 Å². The van der Waals surface area contributed by atoms with Gasteiger partial charge in [-0.05, 0) is 42.2 Å². The number of aliphatic hydroxyl groups excluding tert-OH is 1. The first-order valence-electron chi connectivity index (χ1n) is 5.56. The normalized spacial score (nSPS) is 10.9. The quantitative estimate of drug-likeness (QED) is 0.833. The molecule has 0 fully saturated rings. The van der Waals surface area contributed by atoms with Gasteiger partial charge in [0.25, 0.3) is 0 Å². The zero-order valence-corrected chi connectivity index (χ0v) is 9.61. The highest BCUT2D eigenvalue weighted by Gasteiger charge is 2.02. The van der Waals surface area contributed by atoms with Crippen LogP contribution >= 0.6 is 0 Å². The fourth-order valence-electron chi connectivity index (χ4n) is 1.94. The number of hydrogen-bond donors (Lipinski definition) is 1. The van der Waals surface area contributed by atoms with Gasteiger partial charge in [-0.2, -0.15) is 0 Å². The zero-order chi connectivity index (χ0) is 11.5. The van der Waals surface area contributed by atoms with E-state index in [4.69, 9.17) is 5.11 Å². The van der Waals surface area contributed by atoms with Gasteiger partial charge in [0.05, 0.1) is 0 Å². The Bertz CT molecular complexity index is 510. The average molecular weight is 215 g/mol. The molecule has 1 N–H and O–H groups in total. The molecule has 0 aliphatic heterocycles. The number of allylic oxidation sites excluding steroid dienone is 1. The molecule has 2 nitrogen and oxygen atoms in total. The highest BCUT2D eigenvalue weighted by Crippen LogP contribution is 2.23. The van der Waals surface area contributed by atoms with Crippen molar-refractivity contribution in [3.05, 3.63) is 42.6 Å². The molecule has 1 aromatic heterocycles. The second-order valence-electron chi connectivity index (χ2n) is 4.13. The van der Waals surface area contributed by atoms with Crippen molar-refractivity contribution in [2.45, 2.75) is 12.8 Å². The van der Waals surface area contributed by atoms with Gasteiger partial charge in [0.15, 0.2) is 0 Å². The van der Waals surface area contributed by atoms with Crippen LogP contribution in [-0.4, -0.2) is 16.3 Å². The fourth-order valence-corrected chi connectivity index (χ4v) is 1.94. The molecule has 0 radical (unpaired) electrons. The van der Waals surface area contributed by atoms with Crippen LogP contribution in [0.1, 0.15) is 18.4 Å². The summed E-state index contributed by atoms with van der Waals surface area (Å²) < 4.78 is 2.11. The van der Waals surface area contributed by atoms with Crippen molar-refractivity contribution >= 4 is 16.5 Å². The minimum Gasteiger partial charge on any atom is -0.396 e. The molecule has 2 rings (SSSR count). The van der Waals surface area contributed by atoms with E-state index in [-0.39, 0.29) is 6.61 Å². The van der Waals surface area contributed by atoms with E-state index >= 15 is 0 Å². The number of nitrogens with zero attached hydrogens (tertiary/aromatic N) is 1. The van der Waals surface area contributed by atoms with Crippen molar-refractivity contribution in [2.24, 2.45) is 7.05 Å². The first-order valence-corrected chi connectivity index (χ1v) is 5.56. The lowest BCUT2D eigenvalue weighted by atomic mass is 10.0. The number of fused-ring (bicyclic) bond motifs is 1. The molecule has 0 aliphatic carbocycles. The Balaban J connectivity index is 2.29. The smallest absolute Gasteiger partial charge is 0.0478 e. The molecule has 0 aliphatic rings. The van der Waals surface area contributed by atoms with Crippen molar-refractivity contribution < 1.29 is 5.11 Å². The molecule has 2 aromatic rings. The van der Waals surface area contributed by atoms with Crippen LogP contribution in [0.4, 0.5) is 0 Å². The van der Waals surface area contributed by atoms with Crippen LogP contribution in [0.3, 0.4) is 0 Å². The maximum atomic E-state index is 8.79. The summed E-state index contributed by atoms with van der Waals surface area (Å²) in [6.07, 6.45) is 3.70. The van der Waals surface area contributed by atoms with Gasteiger partial charge in [-0.1, -0.05) is 12.6 Å². The number of benzene rings is 1. The summed E-state index contributed by atoms with van der Waals surface area (Å²) in [4.78, 5) is 0. The molecule has 0 atom stereocenters. The SMILES string of the molecule is C=C(CCCO)c1ccc2c(ccn2C)c1. The Morgan fingerprint density at radius 3 is 2.94 bits per heavy atom. The predicted octanol–water partition coefficient (Wildman–Crippen LogP) is 2.96. The molecule has 0 spiro atoms. The summed E-state index contributed by atoms with van der Waals surface area (Å²) in [6, 6.07) is 8.49. The lowest BCUT2D eigenvalue weighted by Gasteiger charge is -2.05. The van der Waals surface area contributed by atoms with Crippen molar-refractivity contribution in [1.82, 2.24) is 4.57 Å². The maximum absolute atomic E-state index is 8.79. The standard InChI is InChI=1S/C14H17NO/c1-11(4-3-9-16)12-5-6-14-13(10-12)7-8-15(14)2/h5-8,10,16H,1,3-4,9H2,2H3. The monoisotopic (exact) mass is 215 g/mol. The third kappa shape index (κ3) is 2.02. The van der Waals surface area contributed by atoms with Gasteiger partial charge in [0.2, 0.25) is 0 Å². The van der Waals surface area contributed by atoms with Crippen molar-refractivity contribution in [1.29, 1.82) is 0 Å². The van der Waals surface area contributed by atoms with E-state index in [9.17, 15) is 0 Å². The van der Waals surface area contributed by atoms with Crippen LogP contribution < -0.4 is 0 Å².